The van der Waals surface area contributed by atoms with E-state index in [-0.39, 0.29) is 5.54 Å². The first kappa shape index (κ1) is 9.68. The van der Waals surface area contributed by atoms with Crippen molar-refractivity contribution in [2.75, 3.05) is 13.2 Å². The fraction of sp³-hybridized carbons (Fsp3) is 0.700. The Balaban J connectivity index is 1.87. The molecule has 1 N–H and O–H groups in total. The van der Waals surface area contributed by atoms with Crippen LogP contribution in [0, 0.1) is 0 Å². The summed E-state index contributed by atoms with van der Waals surface area (Å²) in [4.78, 5) is 0. The first-order valence-corrected chi connectivity index (χ1v) is 4.99. The van der Waals surface area contributed by atoms with Crippen LogP contribution in [0.25, 0.3) is 0 Å². The second-order valence-electron chi connectivity index (χ2n) is 4.20. The van der Waals surface area contributed by atoms with Gasteiger partial charge < -0.3 is 10.1 Å². The molecule has 0 bridgehead atoms. The second kappa shape index (κ2) is 3.71. The molecule has 1 saturated heterocycles. The molecule has 2 heterocycles. The molecule has 1 aliphatic heterocycles. The number of aromatic nitrogens is 2. The molecule has 1 aliphatic rings. The van der Waals surface area contributed by atoms with Crippen molar-refractivity contribution in [3.05, 3.63) is 18.0 Å². The highest BCUT2D eigenvalue weighted by Crippen LogP contribution is 2.17. The molecule has 1 aromatic heterocycles. The first-order chi connectivity index (χ1) is 6.68. The lowest BCUT2D eigenvalue weighted by Gasteiger charge is -2.22. The van der Waals surface area contributed by atoms with Crippen LogP contribution in [0.2, 0.25) is 0 Å². The van der Waals surface area contributed by atoms with E-state index in [1.54, 1.807) is 0 Å². The van der Waals surface area contributed by atoms with E-state index in [2.05, 4.69) is 17.3 Å². The van der Waals surface area contributed by atoms with Crippen molar-refractivity contribution in [1.82, 2.24) is 15.1 Å². The Hall–Kier alpha value is -0.870. The van der Waals surface area contributed by atoms with E-state index in [1.807, 2.05) is 24.0 Å². The van der Waals surface area contributed by atoms with Crippen molar-refractivity contribution in [1.29, 1.82) is 0 Å². The van der Waals surface area contributed by atoms with Crippen LogP contribution in [-0.4, -0.2) is 28.5 Å². The summed E-state index contributed by atoms with van der Waals surface area (Å²) >= 11 is 0. The average molecular weight is 195 g/mol. The van der Waals surface area contributed by atoms with E-state index in [1.165, 1.54) is 0 Å². The van der Waals surface area contributed by atoms with E-state index in [0.29, 0.717) is 0 Å². The molecule has 4 heteroatoms. The van der Waals surface area contributed by atoms with Gasteiger partial charge in [-0.25, -0.2) is 0 Å². The zero-order valence-corrected chi connectivity index (χ0v) is 8.79. The minimum atomic E-state index is 0.136. The second-order valence-corrected chi connectivity index (χ2v) is 4.20. The van der Waals surface area contributed by atoms with Gasteiger partial charge in [0.1, 0.15) is 0 Å². The molecule has 1 atom stereocenters. The van der Waals surface area contributed by atoms with E-state index in [0.717, 1.165) is 31.9 Å². The van der Waals surface area contributed by atoms with Crippen LogP contribution in [-0.2, 0) is 18.3 Å². The third-order valence-corrected chi connectivity index (χ3v) is 2.68. The maximum atomic E-state index is 5.37. The van der Waals surface area contributed by atoms with Crippen LogP contribution >= 0.6 is 0 Å². The summed E-state index contributed by atoms with van der Waals surface area (Å²) < 4.78 is 7.19. The fourth-order valence-corrected chi connectivity index (χ4v) is 1.67. The van der Waals surface area contributed by atoms with Crippen molar-refractivity contribution in [3.8, 4) is 0 Å². The number of ether oxygens (including phenoxy) is 1. The Bertz CT molecular complexity index is 302. The predicted octanol–water partition coefficient (Wildman–Crippen LogP) is 0.689. The lowest BCUT2D eigenvalue weighted by molar-refractivity contribution is 0.171. The Kier molecular flexibility index (Phi) is 2.56. The van der Waals surface area contributed by atoms with Gasteiger partial charge in [0.25, 0.3) is 0 Å². The van der Waals surface area contributed by atoms with Crippen molar-refractivity contribution in [2.45, 2.75) is 25.4 Å². The maximum absolute atomic E-state index is 5.37. The van der Waals surface area contributed by atoms with Crippen molar-refractivity contribution in [3.63, 3.8) is 0 Å². The maximum Gasteiger partial charge on any atom is 0.0762 e. The smallest absolute Gasteiger partial charge is 0.0762 e. The summed E-state index contributed by atoms with van der Waals surface area (Å²) in [6.45, 7) is 4.69. The molecule has 0 aliphatic carbocycles. The minimum Gasteiger partial charge on any atom is -0.379 e. The molecule has 1 fully saturated rings. The van der Waals surface area contributed by atoms with Crippen LogP contribution < -0.4 is 5.32 Å². The summed E-state index contributed by atoms with van der Waals surface area (Å²) in [5.41, 5.74) is 1.22. The van der Waals surface area contributed by atoms with E-state index < -0.39 is 0 Å². The first-order valence-electron chi connectivity index (χ1n) is 4.99. The molecule has 0 saturated carbocycles. The normalized spacial score (nSPS) is 27.0. The summed E-state index contributed by atoms with van der Waals surface area (Å²) in [7, 11) is 1.93. The van der Waals surface area contributed by atoms with Gasteiger partial charge in [0.15, 0.2) is 0 Å². The number of nitrogens with zero attached hydrogens (tertiary/aromatic N) is 2. The molecule has 2 rings (SSSR count). The van der Waals surface area contributed by atoms with Crippen LogP contribution in [0.3, 0.4) is 0 Å². The third-order valence-electron chi connectivity index (χ3n) is 2.68. The summed E-state index contributed by atoms with van der Waals surface area (Å²) in [5.74, 6) is 0. The predicted molar refractivity (Wildman–Crippen MR) is 53.9 cm³/mol. The number of rotatable bonds is 3. The lowest BCUT2D eigenvalue weighted by atomic mass is 10.0. The highest BCUT2D eigenvalue weighted by molar-refractivity contribution is 5.00. The standard InChI is InChI=1S/C10H17N3O/c1-10(4-6-14-8-10)11-7-9-3-5-13(2)12-9/h3,5,11H,4,6-8H2,1-2H3. The van der Waals surface area contributed by atoms with Gasteiger partial charge in [-0.15, -0.1) is 0 Å². The Labute approximate surface area is 84.3 Å². The van der Waals surface area contributed by atoms with Crippen molar-refractivity contribution >= 4 is 0 Å². The Morgan fingerprint density at radius 1 is 1.71 bits per heavy atom. The number of hydrogen-bond acceptors (Lipinski definition) is 3. The Morgan fingerprint density at radius 3 is 3.14 bits per heavy atom. The third kappa shape index (κ3) is 2.13. The summed E-state index contributed by atoms with van der Waals surface area (Å²) in [5, 5.41) is 7.80. The lowest BCUT2D eigenvalue weighted by Crippen LogP contribution is -2.42. The van der Waals surface area contributed by atoms with Gasteiger partial charge in [-0.05, 0) is 19.4 Å². The molecule has 0 amide bonds. The van der Waals surface area contributed by atoms with E-state index >= 15 is 0 Å². The van der Waals surface area contributed by atoms with Crippen LogP contribution in [0.4, 0.5) is 0 Å². The molecule has 0 aromatic carbocycles. The van der Waals surface area contributed by atoms with Crippen LogP contribution in [0.5, 0.6) is 0 Å². The molecule has 4 nitrogen and oxygen atoms in total. The molecule has 0 radical (unpaired) electrons. The highest BCUT2D eigenvalue weighted by Gasteiger charge is 2.28. The zero-order valence-electron chi connectivity index (χ0n) is 8.79. The monoisotopic (exact) mass is 195 g/mol. The number of aryl methyl sites for hydroxylation is 1. The number of nitrogens with one attached hydrogen (secondary N) is 1. The SMILES string of the molecule is Cn1ccc(CNC2(C)CCOC2)n1. The van der Waals surface area contributed by atoms with Crippen molar-refractivity contribution in [2.24, 2.45) is 7.05 Å². The largest absolute Gasteiger partial charge is 0.379 e. The summed E-state index contributed by atoms with van der Waals surface area (Å²) in [6.07, 6.45) is 3.05. The number of hydrogen-bond donors (Lipinski definition) is 1. The van der Waals surface area contributed by atoms with Crippen molar-refractivity contribution < 1.29 is 4.74 Å². The van der Waals surface area contributed by atoms with Crippen LogP contribution in [0.15, 0.2) is 12.3 Å². The fourth-order valence-electron chi connectivity index (χ4n) is 1.67. The van der Waals surface area contributed by atoms with Gasteiger partial charge in [-0.3, -0.25) is 4.68 Å². The van der Waals surface area contributed by atoms with Crippen LogP contribution in [0.1, 0.15) is 19.0 Å². The van der Waals surface area contributed by atoms with Gasteiger partial charge >= 0.3 is 0 Å². The molecule has 14 heavy (non-hydrogen) atoms. The quantitative estimate of drug-likeness (QED) is 0.771. The molecule has 1 aromatic rings. The van der Waals surface area contributed by atoms with E-state index in [9.17, 15) is 0 Å². The van der Waals surface area contributed by atoms with Gasteiger partial charge in [-0.2, -0.15) is 5.10 Å². The topological polar surface area (TPSA) is 39.1 Å². The molecular formula is C10H17N3O. The molecule has 0 spiro atoms. The van der Waals surface area contributed by atoms with Gasteiger partial charge in [0, 0.05) is 31.9 Å². The average Bonchev–Trinajstić information content (AvgIpc) is 2.73. The Morgan fingerprint density at radius 2 is 2.57 bits per heavy atom. The van der Waals surface area contributed by atoms with E-state index in [4.69, 9.17) is 4.74 Å². The van der Waals surface area contributed by atoms with Gasteiger partial charge in [0.2, 0.25) is 0 Å². The molecular weight excluding hydrogens is 178 g/mol. The zero-order chi connectivity index (χ0) is 10.0. The van der Waals surface area contributed by atoms with Gasteiger partial charge in [0.05, 0.1) is 12.3 Å². The summed E-state index contributed by atoms with van der Waals surface area (Å²) in [6, 6.07) is 2.03. The molecule has 78 valence electrons. The molecule has 1 unspecified atom stereocenters. The minimum absolute atomic E-state index is 0.136. The van der Waals surface area contributed by atoms with Gasteiger partial charge in [-0.1, -0.05) is 0 Å². The highest BCUT2D eigenvalue weighted by atomic mass is 16.5.